The molecule has 0 fully saturated rings. The van der Waals surface area contributed by atoms with Gasteiger partial charge in [0, 0.05) is 30.6 Å². The summed E-state index contributed by atoms with van der Waals surface area (Å²) < 4.78 is 1.67. The lowest BCUT2D eigenvalue weighted by Gasteiger charge is -2.14. The van der Waals surface area contributed by atoms with Crippen LogP contribution in [0.4, 0.5) is 0 Å². The molecule has 0 saturated heterocycles. The first kappa shape index (κ1) is 13.5. The molecule has 3 aromatic rings. The predicted octanol–water partition coefficient (Wildman–Crippen LogP) is 3.53. The second kappa shape index (κ2) is 4.66. The molecule has 6 heteroatoms. The molecule has 1 aliphatic rings. The minimum absolute atomic E-state index is 0.0375. The maximum atomic E-state index is 12.9. The summed E-state index contributed by atoms with van der Waals surface area (Å²) >= 11 is 2.98. The third-order valence-corrected chi connectivity index (χ3v) is 5.57. The zero-order valence-electron chi connectivity index (χ0n) is 12.0. The molecule has 3 heterocycles. The number of fused-ring (bicyclic) bond motifs is 2. The lowest BCUT2D eigenvalue weighted by atomic mass is 9.89. The van der Waals surface area contributed by atoms with Crippen LogP contribution in [0.25, 0.3) is 11.3 Å². The van der Waals surface area contributed by atoms with Gasteiger partial charge in [-0.25, -0.2) is 0 Å². The van der Waals surface area contributed by atoms with Gasteiger partial charge in [-0.05, 0) is 22.9 Å². The van der Waals surface area contributed by atoms with Crippen molar-refractivity contribution in [1.82, 2.24) is 4.57 Å². The van der Waals surface area contributed by atoms with E-state index in [0.29, 0.717) is 21.7 Å². The molecule has 22 heavy (non-hydrogen) atoms. The Morgan fingerprint density at radius 1 is 1.23 bits per heavy atom. The Morgan fingerprint density at radius 2 is 2.05 bits per heavy atom. The summed E-state index contributed by atoms with van der Waals surface area (Å²) in [4.78, 5) is 18.0. The van der Waals surface area contributed by atoms with Crippen molar-refractivity contribution in [2.75, 3.05) is 7.05 Å². The van der Waals surface area contributed by atoms with E-state index >= 15 is 0 Å². The lowest BCUT2D eigenvalue weighted by molar-refractivity contribution is 0.104. The average Bonchev–Trinajstić information content (AvgIpc) is 3.22. The first-order valence-electron chi connectivity index (χ1n) is 6.69. The summed E-state index contributed by atoms with van der Waals surface area (Å²) in [5.74, 6) is 0.0477. The van der Waals surface area contributed by atoms with Crippen molar-refractivity contribution in [3.05, 3.63) is 49.8 Å². The van der Waals surface area contributed by atoms with Crippen LogP contribution in [0, 0.1) is 0 Å². The van der Waals surface area contributed by atoms with E-state index in [0.717, 1.165) is 16.8 Å². The summed E-state index contributed by atoms with van der Waals surface area (Å²) in [5.41, 5.74) is 4.27. The summed E-state index contributed by atoms with van der Waals surface area (Å²) in [5, 5.41) is 16.4. The van der Waals surface area contributed by atoms with Gasteiger partial charge in [-0.2, -0.15) is 11.3 Å². The van der Waals surface area contributed by atoms with Crippen LogP contribution in [-0.2, 0) is 7.05 Å². The van der Waals surface area contributed by atoms with Gasteiger partial charge >= 0.3 is 0 Å². The van der Waals surface area contributed by atoms with Crippen LogP contribution in [0.15, 0.2) is 33.3 Å². The predicted molar refractivity (Wildman–Crippen MR) is 89.7 cm³/mol. The molecule has 0 spiro atoms. The summed E-state index contributed by atoms with van der Waals surface area (Å²) in [6.07, 6.45) is 0. The summed E-state index contributed by atoms with van der Waals surface area (Å²) in [6, 6.07) is 3.85. The number of hydrogen-bond acceptors (Lipinski definition) is 5. The Hall–Kier alpha value is -2.18. The van der Waals surface area contributed by atoms with Gasteiger partial charge in [0.05, 0.1) is 27.4 Å². The number of hydrogen-bond donors (Lipinski definition) is 1. The highest BCUT2D eigenvalue weighted by atomic mass is 32.1. The van der Waals surface area contributed by atoms with Gasteiger partial charge in [-0.1, -0.05) is 0 Å². The number of aromatic hydroxyl groups is 1. The molecule has 4 rings (SSSR count). The SMILES string of the molecule is CN=C1c2ccsc2C(=O)c2c1c(O)n(C)c2-c1ccsc1. The number of thiophene rings is 2. The van der Waals surface area contributed by atoms with Crippen LogP contribution < -0.4 is 0 Å². The van der Waals surface area contributed by atoms with E-state index in [2.05, 4.69) is 4.99 Å². The van der Waals surface area contributed by atoms with Crippen molar-refractivity contribution in [2.45, 2.75) is 0 Å². The second-order valence-corrected chi connectivity index (χ2v) is 6.75. The van der Waals surface area contributed by atoms with Crippen LogP contribution in [-0.4, -0.2) is 28.2 Å². The van der Waals surface area contributed by atoms with E-state index in [1.807, 2.05) is 28.3 Å². The van der Waals surface area contributed by atoms with E-state index in [9.17, 15) is 9.90 Å². The molecular formula is C16H12N2O2S2. The van der Waals surface area contributed by atoms with Crippen LogP contribution in [0.1, 0.15) is 26.4 Å². The van der Waals surface area contributed by atoms with Crippen LogP contribution >= 0.6 is 22.7 Å². The maximum absolute atomic E-state index is 12.9. The van der Waals surface area contributed by atoms with Crippen molar-refractivity contribution in [2.24, 2.45) is 12.0 Å². The zero-order valence-corrected chi connectivity index (χ0v) is 13.6. The Balaban J connectivity index is 2.13. The molecule has 1 N–H and O–H groups in total. The van der Waals surface area contributed by atoms with Crippen molar-refractivity contribution in [3.8, 4) is 17.1 Å². The molecule has 0 unspecified atom stereocenters. The Labute approximate surface area is 135 Å². The molecule has 0 aliphatic heterocycles. The molecule has 0 amide bonds. The molecule has 0 aromatic carbocycles. The molecule has 110 valence electrons. The summed E-state index contributed by atoms with van der Waals surface area (Å²) in [7, 11) is 3.46. The van der Waals surface area contributed by atoms with E-state index in [-0.39, 0.29) is 11.7 Å². The van der Waals surface area contributed by atoms with Crippen LogP contribution in [0.5, 0.6) is 5.88 Å². The number of aromatic nitrogens is 1. The van der Waals surface area contributed by atoms with E-state index in [1.165, 1.54) is 11.3 Å². The molecule has 0 saturated carbocycles. The topological polar surface area (TPSA) is 54.6 Å². The average molecular weight is 328 g/mol. The lowest BCUT2D eigenvalue weighted by Crippen LogP contribution is -2.18. The fourth-order valence-electron chi connectivity index (χ4n) is 3.01. The monoisotopic (exact) mass is 328 g/mol. The van der Waals surface area contributed by atoms with Gasteiger partial charge in [0.2, 0.25) is 11.7 Å². The third kappa shape index (κ3) is 1.56. The quantitative estimate of drug-likeness (QED) is 0.581. The van der Waals surface area contributed by atoms with Gasteiger partial charge < -0.3 is 9.67 Å². The van der Waals surface area contributed by atoms with Gasteiger partial charge in [0.15, 0.2) is 0 Å². The van der Waals surface area contributed by atoms with Crippen LogP contribution in [0.3, 0.4) is 0 Å². The fourth-order valence-corrected chi connectivity index (χ4v) is 4.49. The van der Waals surface area contributed by atoms with Crippen molar-refractivity contribution in [1.29, 1.82) is 0 Å². The second-order valence-electron chi connectivity index (χ2n) is 5.06. The maximum Gasteiger partial charge on any atom is 0.206 e. The Kier molecular flexibility index (Phi) is 2.85. The number of nitrogens with zero attached hydrogens (tertiary/aromatic N) is 2. The minimum atomic E-state index is -0.0375. The zero-order chi connectivity index (χ0) is 15.4. The number of carbonyl (C=O) groups is 1. The highest BCUT2D eigenvalue weighted by Gasteiger charge is 2.37. The molecule has 0 radical (unpaired) electrons. The van der Waals surface area contributed by atoms with Crippen molar-refractivity contribution >= 4 is 34.2 Å². The molecule has 4 nitrogen and oxygen atoms in total. The number of carbonyl (C=O) groups excluding carboxylic acids is 1. The third-order valence-electron chi connectivity index (χ3n) is 3.97. The fraction of sp³-hybridized carbons (Fsp3) is 0.125. The number of rotatable bonds is 1. The standard InChI is InChI=1S/C16H12N2O2S2/c1-17-12-9-4-6-22-15(9)14(19)11-10(12)16(20)18(2)13(11)8-3-5-21-7-8/h3-7,20H,1-2H3. The Morgan fingerprint density at radius 3 is 2.73 bits per heavy atom. The van der Waals surface area contributed by atoms with Crippen molar-refractivity contribution < 1.29 is 9.90 Å². The largest absolute Gasteiger partial charge is 0.494 e. The summed E-state index contributed by atoms with van der Waals surface area (Å²) in [6.45, 7) is 0. The van der Waals surface area contributed by atoms with Gasteiger partial charge in [-0.3, -0.25) is 9.79 Å². The van der Waals surface area contributed by atoms with E-state index < -0.39 is 0 Å². The normalized spacial score (nSPS) is 15.2. The Bertz CT molecular complexity index is 930. The highest BCUT2D eigenvalue weighted by Crippen LogP contribution is 2.43. The molecular weight excluding hydrogens is 316 g/mol. The van der Waals surface area contributed by atoms with Gasteiger partial charge in [0.25, 0.3) is 0 Å². The first-order chi connectivity index (χ1) is 10.6. The molecule has 0 atom stereocenters. The molecule has 0 bridgehead atoms. The number of ketones is 1. The smallest absolute Gasteiger partial charge is 0.206 e. The van der Waals surface area contributed by atoms with Crippen molar-refractivity contribution in [3.63, 3.8) is 0 Å². The minimum Gasteiger partial charge on any atom is -0.494 e. The van der Waals surface area contributed by atoms with Gasteiger partial charge in [0.1, 0.15) is 0 Å². The van der Waals surface area contributed by atoms with Gasteiger partial charge in [-0.15, -0.1) is 11.3 Å². The van der Waals surface area contributed by atoms with Crippen LogP contribution in [0.2, 0.25) is 0 Å². The number of aliphatic imine (C=N–C) groups is 1. The van der Waals surface area contributed by atoms with E-state index in [4.69, 9.17) is 0 Å². The highest BCUT2D eigenvalue weighted by molar-refractivity contribution is 7.13. The first-order valence-corrected chi connectivity index (χ1v) is 8.51. The molecule has 3 aromatic heterocycles. The van der Waals surface area contributed by atoms with E-state index in [1.54, 1.807) is 30.0 Å². The molecule has 1 aliphatic carbocycles.